The van der Waals surface area contributed by atoms with Gasteiger partial charge < -0.3 is 0 Å². The predicted molar refractivity (Wildman–Crippen MR) is 98.4 cm³/mol. The normalized spacial score (nSPS) is 11.3. The van der Waals surface area contributed by atoms with Crippen LogP contribution in [-0.2, 0) is 0 Å². The van der Waals surface area contributed by atoms with E-state index < -0.39 is 0 Å². The van der Waals surface area contributed by atoms with Crippen LogP contribution in [0, 0.1) is 0 Å². The van der Waals surface area contributed by atoms with Gasteiger partial charge in [-0.05, 0) is 29.7 Å². The molecule has 0 fully saturated rings. The van der Waals surface area contributed by atoms with Crippen LogP contribution in [0.15, 0.2) is 73.1 Å². The molecule has 0 aliphatic carbocycles. The Morgan fingerprint density at radius 1 is 0.875 bits per heavy atom. The lowest BCUT2D eigenvalue weighted by Crippen LogP contribution is -2.01. The SMILES string of the molecule is CC(C)c1ccccc1-n1cc(-c2ccc3ccccc3n2)cn1. The van der Waals surface area contributed by atoms with Crippen molar-refractivity contribution in [1.29, 1.82) is 0 Å². The third-order valence-corrected chi connectivity index (χ3v) is 4.28. The molecule has 0 saturated heterocycles. The molecule has 2 aromatic heterocycles. The monoisotopic (exact) mass is 313 g/mol. The van der Waals surface area contributed by atoms with Crippen molar-refractivity contribution in [3.05, 3.63) is 78.6 Å². The van der Waals surface area contributed by atoms with Crippen molar-refractivity contribution in [1.82, 2.24) is 14.8 Å². The Kier molecular flexibility index (Phi) is 3.62. The summed E-state index contributed by atoms with van der Waals surface area (Å²) in [5.74, 6) is 0.452. The van der Waals surface area contributed by atoms with Crippen LogP contribution in [0.1, 0.15) is 25.3 Å². The van der Waals surface area contributed by atoms with E-state index in [0.717, 1.165) is 27.8 Å². The van der Waals surface area contributed by atoms with Crippen LogP contribution in [0.4, 0.5) is 0 Å². The van der Waals surface area contributed by atoms with E-state index in [1.807, 2.05) is 29.1 Å². The highest BCUT2D eigenvalue weighted by atomic mass is 15.3. The van der Waals surface area contributed by atoms with Gasteiger partial charge in [-0.1, -0.05) is 56.3 Å². The summed E-state index contributed by atoms with van der Waals surface area (Å²) >= 11 is 0. The van der Waals surface area contributed by atoms with Gasteiger partial charge in [-0.3, -0.25) is 0 Å². The predicted octanol–water partition coefficient (Wildman–Crippen LogP) is 5.21. The molecule has 0 aliphatic rings. The van der Waals surface area contributed by atoms with Gasteiger partial charge in [-0.2, -0.15) is 5.10 Å². The van der Waals surface area contributed by atoms with Crippen molar-refractivity contribution < 1.29 is 0 Å². The van der Waals surface area contributed by atoms with Crippen LogP contribution in [-0.4, -0.2) is 14.8 Å². The number of nitrogens with zero attached hydrogens (tertiary/aromatic N) is 3. The second-order valence-electron chi connectivity index (χ2n) is 6.28. The molecule has 0 saturated carbocycles. The maximum Gasteiger partial charge on any atom is 0.0741 e. The first-order chi connectivity index (χ1) is 11.7. The second-order valence-corrected chi connectivity index (χ2v) is 6.28. The van der Waals surface area contributed by atoms with Gasteiger partial charge in [0.05, 0.1) is 23.1 Å². The fourth-order valence-electron chi connectivity index (χ4n) is 3.00. The van der Waals surface area contributed by atoms with E-state index in [9.17, 15) is 0 Å². The zero-order valence-corrected chi connectivity index (χ0v) is 13.8. The molecule has 4 rings (SSSR count). The molecule has 0 radical (unpaired) electrons. The van der Waals surface area contributed by atoms with Crippen LogP contribution in [0.25, 0.3) is 27.8 Å². The highest BCUT2D eigenvalue weighted by molar-refractivity contribution is 5.81. The maximum absolute atomic E-state index is 4.76. The average molecular weight is 313 g/mol. The number of rotatable bonds is 3. The molecule has 4 aromatic rings. The number of hydrogen-bond acceptors (Lipinski definition) is 2. The largest absolute Gasteiger partial charge is 0.248 e. The number of pyridine rings is 1. The fraction of sp³-hybridized carbons (Fsp3) is 0.143. The molecule has 118 valence electrons. The molecule has 0 bridgehead atoms. The van der Waals surface area contributed by atoms with Crippen molar-refractivity contribution in [2.75, 3.05) is 0 Å². The second kappa shape index (κ2) is 5.93. The Morgan fingerprint density at radius 2 is 1.67 bits per heavy atom. The maximum atomic E-state index is 4.76. The smallest absolute Gasteiger partial charge is 0.0741 e. The van der Waals surface area contributed by atoms with Crippen LogP contribution in [0.2, 0.25) is 0 Å². The average Bonchev–Trinajstić information content (AvgIpc) is 3.11. The van der Waals surface area contributed by atoms with Gasteiger partial charge in [0.2, 0.25) is 0 Å². The summed E-state index contributed by atoms with van der Waals surface area (Å²) in [6.45, 7) is 4.41. The molecule has 0 spiro atoms. The van der Waals surface area contributed by atoms with Crippen molar-refractivity contribution in [3.63, 3.8) is 0 Å². The minimum atomic E-state index is 0.452. The van der Waals surface area contributed by atoms with Gasteiger partial charge in [0.1, 0.15) is 0 Å². The van der Waals surface area contributed by atoms with Crippen molar-refractivity contribution in [2.45, 2.75) is 19.8 Å². The van der Waals surface area contributed by atoms with Gasteiger partial charge >= 0.3 is 0 Å². The number of hydrogen-bond donors (Lipinski definition) is 0. The van der Waals surface area contributed by atoms with Gasteiger partial charge in [-0.25, -0.2) is 9.67 Å². The summed E-state index contributed by atoms with van der Waals surface area (Å²) in [5.41, 5.74) is 5.39. The Hall–Kier alpha value is -2.94. The summed E-state index contributed by atoms with van der Waals surface area (Å²) in [5, 5.41) is 5.71. The molecule has 2 heterocycles. The van der Waals surface area contributed by atoms with Crippen molar-refractivity contribution in [2.24, 2.45) is 0 Å². The lowest BCUT2D eigenvalue weighted by Gasteiger charge is -2.12. The van der Waals surface area contributed by atoms with Gasteiger partial charge in [0.25, 0.3) is 0 Å². The first-order valence-electron chi connectivity index (χ1n) is 8.22. The molecular weight excluding hydrogens is 294 g/mol. The van der Waals surface area contributed by atoms with E-state index in [-0.39, 0.29) is 0 Å². The molecule has 0 atom stereocenters. The number of fused-ring (bicyclic) bond motifs is 1. The number of aromatic nitrogens is 3. The lowest BCUT2D eigenvalue weighted by molar-refractivity contribution is 0.809. The van der Waals surface area contributed by atoms with E-state index in [1.165, 1.54) is 5.56 Å². The third kappa shape index (κ3) is 2.58. The summed E-state index contributed by atoms with van der Waals surface area (Å²) in [7, 11) is 0. The van der Waals surface area contributed by atoms with E-state index in [1.54, 1.807) is 0 Å². The third-order valence-electron chi connectivity index (χ3n) is 4.28. The summed E-state index contributed by atoms with van der Waals surface area (Å²) in [6.07, 6.45) is 3.94. The van der Waals surface area contributed by atoms with Crippen molar-refractivity contribution in [3.8, 4) is 16.9 Å². The first-order valence-corrected chi connectivity index (χ1v) is 8.22. The van der Waals surface area contributed by atoms with E-state index in [2.05, 4.69) is 67.6 Å². The van der Waals surface area contributed by atoms with Crippen LogP contribution >= 0.6 is 0 Å². The van der Waals surface area contributed by atoms with E-state index >= 15 is 0 Å². The molecular formula is C21H19N3. The zero-order chi connectivity index (χ0) is 16.5. The lowest BCUT2D eigenvalue weighted by atomic mass is 10.0. The minimum Gasteiger partial charge on any atom is -0.248 e. The highest BCUT2D eigenvalue weighted by Crippen LogP contribution is 2.25. The molecule has 2 aromatic carbocycles. The van der Waals surface area contributed by atoms with Crippen LogP contribution < -0.4 is 0 Å². The molecule has 0 unspecified atom stereocenters. The Labute approximate surface area is 141 Å². The number of benzene rings is 2. The molecule has 0 amide bonds. The van der Waals surface area contributed by atoms with Crippen LogP contribution in [0.3, 0.4) is 0 Å². The van der Waals surface area contributed by atoms with E-state index in [4.69, 9.17) is 4.98 Å². The topological polar surface area (TPSA) is 30.7 Å². The molecule has 24 heavy (non-hydrogen) atoms. The Balaban J connectivity index is 1.77. The van der Waals surface area contributed by atoms with E-state index in [0.29, 0.717) is 5.92 Å². The van der Waals surface area contributed by atoms with Gasteiger partial charge in [0, 0.05) is 17.1 Å². The Bertz CT molecular complexity index is 999. The fourth-order valence-corrected chi connectivity index (χ4v) is 3.00. The Morgan fingerprint density at radius 3 is 2.54 bits per heavy atom. The highest BCUT2D eigenvalue weighted by Gasteiger charge is 2.10. The first kappa shape index (κ1) is 14.6. The summed E-state index contributed by atoms with van der Waals surface area (Å²) in [4.78, 5) is 4.76. The zero-order valence-electron chi connectivity index (χ0n) is 13.8. The standard InChI is InChI=1S/C21H19N3/c1-15(2)18-8-4-6-10-21(18)24-14-17(13-22-24)20-12-11-16-7-3-5-9-19(16)23-20/h3-15H,1-2H3. The molecule has 3 nitrogen and oxygen atoms in total. The quantitative estimate of drug-likeness (QED) is 0.520. The molecule has 3 heteroatoms. The minimum absolute atomic E-state index is 0.452. The molecule has 0 N–H and O–H groups in total. The van der Waals surface area contributed by atoms with Gasteiger partial charge in [-0.15, -0.1) is 0 Å². The summed E-state index contributed by atoms with van der Waals surface area (Å²) < 4.78 is 1.95. The molecule has 0 aliphatic heterocycles. The van der Waals surface area contributed by atoms with Gasteiger partial charge in [0.15, 0.2) is 0 Å². The van der Waals surface area contributed by atoms with Crippen LogP contribution in [0.5, 0.6) is 0 Å². The van der Waals surface area contributed by atoms with Crippen molar-refractivity contribution >= 4 is 10.9 Å². The number of para-hydroxylation sites is 2. The summed E-state index contributed by atoms with van der Waals surface area (Å²) in [6, 6.07) is 20.7.